The van der Waals surface area contributed by atoms with E-state index < -0.39 is 23.5 Å². The molecule has 8 heteroatoms. The van der Waals surface area contributed by atoms with Gasteiger partial charge in [0.15, 0.2) is 0 Å². The van der Waals surface area contributed by atoms with Crippen molar-refractivity contribution in [3.8, 4) is 0 Å². The molecule has 2 heterocycles. The van der Waals surface area contributed by atoms with Crippen LogP contribution in [0.1, 0.15) is 20.8 Å². The van der Waals surface area contributed by atoms with Crippen molar-refractivity contribution in [1.82, 2.24) is 20.4 Å². The quantitative estimate of drug-likeness (QED) is 0.662. The SMILES string of the molecule is CC(C)(C)C(NC(=O)N1CCN2C(=O)NCC2C1)C(=O)O. The van der Waals surface area contributed by atoms with Crippen LogP contribution in [0.2, 0.25) is 0 Å². The molecule has 0 aromatic heterocycles. The third-order valence-electron chi connectivity index (χ3n) is 3.90. The van der Waals surface area contributed by atoms with Gasteiger partial charge in [-0.15, -0.1) is 0 Å². The Labute approximate surface area is 123 Å². The third-order valence-corrected chi connectivity index (χ3v) is 3.90. The van der Waals surface area contributed by atoms with Gasteiger partial charge in [0.1, 0.15) is 6.04 Å². The number of urea groups is 2. The zero-order valence-corrected chi connectivity index (χ0v) is 12.5. The fraction of sp³-hybridized carbons (Fsp3) is 0.769. The summed E-state index contributed by atoms with van der Waals surface area (Å²) in [7, 11) is 0. The Hall–Kier alpha value is -1.99. The van der Waals surface area contributed by atoms with E-state index in [4.69, 9.17) is 0 Å². The van der Waals surface area contributed by atoms with Crippen LogP contribution in [-0.4, -0.2) is 71.2 Å². The van der Waals surface area contributed by atoms with E-state index in [1.54, 1.807) is 30.6 Å². The van der Waals surface area contributed by atoms with Gasteiger partial charge in [0.25, 0.3) is 0 Å². The van der Waals surface area contributed by atoms with Gasteiger partial charge in [-0.1, -0.05) is 20.8 Å². The largest absolute Gasteiger partial charge is 0.480 e. The van der Waals surface area contributed by atoms with Crippen LogP contribution in [0.4, 0.5) is 9.59 Å². The van der Waals surface area contributed by atoms with Gasteiger partial charge in [0.2, 0.25) is 0 Å². The smallest absolute Gasteiger partial charge is 0.326 e. The van der Waals surface area contributed by atoms with Crippen molar-refractivity contribution in [1.29, 1.82) is 0 Å². The Kier molecular flexibility index (Phi) is 3.97. The number of carboxylic acid groups (broad SMARTS) is 1. The van der Waals surface area contributed by atoms with Crippen LogP contribution < -0.4 is 10.6 Å². The number of carbonyl (C=O) groups is 3. The van der Waals surface area contributed by atoms with Gasteiger partial charge < -0.3 is 25.5 Å². The standard InChI is InChI=1S/C13H22N4O4/c1-13(2,3)9(10(18)19)15-12(21)16-4-5-17-8(7-16)6-14-11(17)20/h8-9H,4-7H2,1-3H3,(H,14,20)(H,15,21)(H,18,19). The molecule has 2 fully saturated rings. The first-order chi connectivity index (χ1) is 9.70. The van der Waals surface area contributed by atoms with E-state index in [-0.39, 0.29) is 12.1 Å². The molecule has 0 spiro atoms. The predicted octanol–water partition coefficient (Wildman–Crippen LogP) is -0.0953. The Morgan fingerprint density at radius 1 is 1.38 bits per heavy atom. The summed E-state index contributed by atoms with van der Waals surface area (Å²) < 4.78 is 0. The molecule has 2 unspecified atom stereocenters. The number of fused-ring (bicyclic) bond motifs is 1. The van der Waals surface area contributed by atoms with Crippen LogP contribution in [0.3, 0.4) is 0 Å². The van der Waals surface area contributed by atoms with Crippen LogP contribution >= 0.6 is 0 Å². The summed E-state index contributed by atoms with van der Waals surface area (Å²) in [5.41, 5.74) is -0.575. The summed E-state index contributed by atoms with van der Waals surface area (Å²) in [6.45, 7) is 7.12. The third kappa shape index (κ3) is 3.20. The van der Waals surface area contributed by atoms with Crippen molar-refractivity contribution < 1.29 is 19.5 Å². The molecule has 2 aliphatic heterocycles. The van der Waals surface area contributed by atoms with Gasteiger partial charge >= 0.3 is 18.0 Å². The average molecular weight is 298 g/mol. The summed E-state index contributed by atoms with van der Waals surface area (Å²) in [5, 5.41) is 14.6. The Balaban J connectivity index is 1.98. The van der Waals surface area contributed by atoms with Crippen LogP contribution in [0, 0.1) is 5.41 Å². The highest BCUT2D eigenvalue weighted by atomic mass is 16.4. The summed E-state index contributed by atoms with van der Waals surface area (Å²) in [4.78, 5) is 38.3. The second-order valence-electron chi connectivity index (χ2n) is 6.57. The van der Waals surface area contributed by atoms with E-state index in [2.05, 4.69) is 10.6 Å². The van der Waals surface area contributed by atoms with Crippen molar-refractivity contribution in [3.63, 3.8) is 0 Å². The van der Waals surface area contributed by atoms with E-state index in [0.717, 1.165) is 0 Å². The first-order valence-electron chi connectivity index (χ1n) is 7.03. The van der Waals surface area contributed by atoms with Crippen molar-refractivity contribution in [2.45, 2.75) is 32.9 Å². The highest BCUT2D eigenvalue weighted by Gasteiger charge is 2.39. The molecule has 21 heavy (non-hydrogen) atoms. The number of hydrogen-bond donors (Lipinski definition) is 3. The lowest BCUT2D eigenvalue weighted by atomic mass is 9.87. The van der Waals surface area contributed by atoms with Crippen molar-refractivity contribution >= 4 is 18.0 Å². The minimum Gasteiger partial charge on any atom is -0.480 e. The lowest BCUT2D eigenvalue weighted by Crippen LogP contribution is -2.59. The summed E-state index contributed by atoms with van der Waals surface area (Å²) in [5.74, 6) is -1.05. The minimum atomic E-state index is -1.05. The molecule has 2 saturated heterocycles. The zero-order chi connectivity index (χ0) is 15.8. The first kappa shape index (κ1) is 15.4. The highest BCUT2D eigenvalue weighted by molar-refractivity contribution is 5.83. The fourth-order valence-corrected chi connectivity index (χ4v) is 2.65. The van der Waals surface area contributed by atoms with Gasteiger partial charge in [0, 0.05) is 26.2 Å². The van der Waals surface area contributed by atoms with Crippen molar-refractivity contribution in [2.24, 2.45) is 5.41 Å². The molecule has 2 rings (SSSR count). The number of hydrogen-bond acceptors (Lipinski definition) is 3. The molecular weight excluding hydrogens is 276 g/mol. The van der Waals surface area contributed by atoms with Gasteiger partial charge in [-0.2, -0.15) is 0 Å². The van der Waals surface area contributed by atoms with E-state index in [1.165, 1.54) is 0 Å². The summed E-state index contributed by atoms with van der Waals surface area (Å²) in [6.07, 6.45) is 0. The van der Waals surface area contributed by atoms with Gasteiger partial charge in [-0.05, 0) is 5.41 Å². The maximum Gasteiger partial charge on any atom is 0.326 e. The lowest BCUT2D eigenvalue weighted by molar-refractivity contribution is -0.142. The van der Waals surface area contributed by atoms with E-state index in [9.17, 15) is 19.5 Å². The van der Waals surface area contributed by atoms with Crippen LogP contribution in [-0.2, 0) is 4.79 Å². The molecule has 2 aliphatic rings. The molecule has 0 aliphatic carbocycles. The molecule has 2 atom stereocenters. The second kappa shape index (κ2) is 5.42. The molecule has 4 amide bonds. The maximum absolute atomic E-state index is 12.3. The molecule has 0 saturated carbocycles. The molecular formula is C13H22N4O4. The van der Waals surface area contributed by atoms with Crippen LogP contribution in [0.5, 0.6) is 0 Å². The number of carboxylic acids is 1. The Morgan fingerprint density at radius 3 is 2.62 bits per heavy atom. The Morgan fingerprint density at radius 2 is 2.05 bits per heavy atom. The summed E-state index contributed by atoms with van der Waals surface area (Å²) in [6, 6.07) is -1.48. The van der Waals surface area contributed by atoms with Crippen molar-refractivity contribution in [2.75, 3.05) is 26.2 Å². The number of carbonyl (C=O) groups excluding carboxylic acids is 2. The van der Waals surface area contributed by atoms with E-state index in [1.807, 2.05) is 0 Å². The van der Waals surface area contributed by atoms with Gasteiger partial charge in [-0.25, -0.2) is 14.4 Å². The number of amides is 4. The summed E-state index contributed by atoms with van der Waals surface area (Å²) >= 11 is 0. The normalized spacial score (nSPS) is 23.4. The lowest BCUT2D eigenvalue weighted by Gasteiger charge is -2.38. The molecule has 3 N–H and O–H groups in total. The molecule has 0 radical (unpaired) electrons. The zero-order valence-electron chi connectivity index (χ0n) is 12.5. The minimum absolute atomic E-state index is 0.0325. The van der Waals surface area contributed by atoms with E-state index in [0.29, 0.717) is 26.2 Å². The molecule has 0 aromatic rings. The number of nitrogens with zero attached hydrogens (tertiary/aromatic N) is 2. The number of aliphatic carboxylic acids is 1. The Bertz CT molecular complexity index is 460. The molecule has 0 aromatic carbocycles. The second-order valence-corrected chi connectivity index (χ2v) is 6.57. The van der Waals surface area contributed by atoms with Crippen molar-refractivity contribution in [3.05, 3.63) is 0 Å². The number of nitrogens with one attached hydrogen (secondary N) is 2. The fourth-order valence-electron chi connectivity index (χ4n) is 2.65. The topological polar surface area (TPSA) is 102 Å². The van der Waals surface area contributed by atoms with Crippen LogP contribution in [0.15, 0.2) is 0 Å². The van der Waals surface area contributed by atoms with Gasteiger partial charge in [0.05, 0.1) is 6.04 Å². The average Bonchev–Trinajstić information content (AvgIpc) is 2.75. The number of piperazine rings is 1. The van der Waals surface area contributed by atoms with Gasteiger partial charge in [-0.3, -0.25) is 0 Å². The maximum atomic E-state index is 12.3. The van der Waals surface area contributed by atoms with Crippen LogP contribution in [0.25, 0.3) is 0 Å². The predicted molar refractivity (Wildman–Crippen MR) is 74.9 cm³/mol. The number of rotatable bonds is 2. The molecule has 8 nitrogen and oxygen atoms in total. The monoisotopic (exact) mass is 298 g/mol. The highest BCUT2D eigenvalue weighted by Crippen LogP contribution is 2.20. The molecule has 118 valence electrons. The van der Waals surface area contributed by atoms with E-state index >= 15 is 0 Å². The first-order valence-corrected chi connectivity index (χ1v) is 7.03. The molecule has 0 bridgehead atoms.